The SMILES string of the molecule is CN(CCOc1ccc(F)cc1)S(=O)(=O)c1ccc(Cl)cc1[N+](=O)[O-]. The quantitative estimate of drug-likeness (QED) is 0.537. The second kappa shape index (κ2) is 7.77. The minimum Gasteiger partial charge on any atom is -0.492 e. The Morgan fingerprint density at radius 3 is 2.48 bits per heavy atom. The summed E-state index contributed by atoms with van der Waals surface area (Å²) in [7, 11) is -2.82. The zero-order valence-corrected chi connectivity index (χ0v) is 14.6. The van der Waals surface area contributed by atoms with E-state index in [9.17, 15) is 22.9 Å². The topological polar surface area (TPSA) is 89.8 Å². The lowest BCUT2D eigenvalue weighted by atomic mass is 10.3. The van der Waals surface area contributed by atoms with Gasteiger partial charge >= 0.3 is 0 Å². The van der Waals surface area contributed by atoms with Gasteiger partial charge in [0.05, 0.1) is 4.92 Å². The summed E-state index contributed by atoms with van der Waals surface area (Å²) < 4.78 is 44.1. The minimum absolute atomic E-state index is 0.0112. The fraction of sp³-hybridized carbons (Fsp3) is 0.200. The van der Waals surface area contributed by atoms with Crippen LogP contribution in [-0.2, 0) is 10.0 Å². The summed E-state index contributed by atoms with van der Waals surface area (Å²) >= 11 is 5.69. The first kappa shape index (κ1) is 19.1. The summed E-state index contributed by atoms with van der Waals surface area (Å²) in [6, 6.07) is 8.59. The molecule has 0 bridgehead atoms. The molecule has 7 nitrogen and oxygen atoms in total. The Labute approximate surface area is 148 Å². The van der Waals surface area contributed by atoms with Crippen molar-refractivity contribution in [3.63, 3.8) is 0 Å². The number of nitro benzene ring substituents is 1. The Bertz CT molecular complexity index is 874. The lowest BCUT2D eigenvalue weighted by molar-refractivity contribution is -0.387. The van der Waals surface area contributed by atoms with E-state index in [1.807, 2.05) is 0 Å². The lowest BCUT2D eigenvalue weighted by Crippen LogP contribution is -2.31. The van der Waals surface area contributed by atoms with E-state index in [-0.39, 0.29) is 18.2 Å². The van der Waals surface area contributed by atoms with Gasteiger partial charge < -0.3 is 4.74 Å². The second-order valence-corrected chi connectivity index (χ2v) is 7.45. The minimum atomic E-state index is -4.10. The van der Waals surface area contributed by atoms with Crippen LogP contribution in [0, 0.1) is 15.9 Å². The highest BCUT2D eigenvalue weighted by Gasteiger charge is 2.29. The summed E-state index contributed by atoms with van der Waals surface area (Å²) in [5.74, 6) is -0.0354. The molecule has 25 heavy (non-hydrogen) atoms. The molecule has 0 spiro atoms. The zero-order chi connectivity index (χ0) is 18.6. The van der Waals surface area contributed by atoms with Crippen LogP contribution < -0.4 is 4.74 Å². The standard InChI is InChI=1S/C15H14ClFN2O5S/c1-18(8-9-24-13-5-3-12(17)4-6-13)25(22,23)15-7-2-11(16)10-14(15)19(20)21/h2-7,10H,8-9H2,1H3. The largest absolute Gasteiger partial charge is 0.492 e. The highest BCUT2D eigenvalue weighted by atomic mass is 35.5. The van der Waals surface area contributed by atoms with Crippen LogP contribution in [-0.4, -0.2) is 37.8 Å². The molecule has 0 saturated carbocycles. The van der Waals surface area contributed by atoms with Gasteiger partial charge in [-0.1, -0.05) is 11.6 Å². The normalized spacial score (nSPS) is 11.5. The second-order valence-electron chi connectivity index (χ2n) is 5.00. The van der Waals surface area contributed by atoms with Crippen molar-refractivity contribution in [1.29, 1.82) is 0 Å². The maximum atomic E-state index is 12.8. The van der Waals surface area contributed by atoms with Crippen molar-refractivity contribution in [2.24, 2.45) is 0 Å². The Morgan fingerprint density at radius 1 is 1.24 bits per heavy atom. The summed E-state index contributed by atoms with van der Waals surface area (Å²) in [5, 5.41) is 11.1. The van der Waals surface area contributed by atoms with Gasteiger partial charge in [-0.25, -0.2) is 12.8 Å². The number of hydrogen-bond donors (Lipinski definition) is 0. The van der Waals surface area contributed by atoms with Crippen LogP contribution in [0.25, 0.3) is 0 Å². The molecule has 0 amide bonds. The molecule has 0 radical (unpaired) electrons. The van der Waals surface area contributed by atoms with Crippen molar-refractivity contribution in [3.05, 3.63) is 63.4 Å². The monoisotopic (exact) mass is 388 g/mol. The number of ether oxygens (including phenoxy) is 1. The predicted octanol–water partition coefficient (Wildman–Crippen LogP) is 3.09. The van der Waals surface area contributed by atoms with Gasteiger partial charge in [-0.05, 0) is 36.4 Å². The number of benzene rings is 2. The smallest absolute Gasteiger partial charge is 0.290 e. The first-order chi connectivity index (χ1) is 11.7. The molecule has 0 aromatic heterocycles. The Balaban J connectivity index is 2.11. The van der Waals surface area contributed by atoms with Crippen LogP contribution in [0.2, 0.25) is 5.02 Å². The molecule has 2 rings (SSSR count). The highest BCUT2D eigenvalue weighted by Crippen LogP contribution is 2.29. The molecule has 2 aromatic rings. The van der Waals surface area contributed by atoms with Crippen molar-refractivity contribution in [3.8, 4) is 5.75 Å². The molecule has 0 atom stereocenters. The Hall–Kier alpha value is -2.23. The van der Waals surface area contributed by atoms with E-state index in [1.54, 1.807) is 0 Å². The molecule has 0 fully saturated rings. The first-order valence-corrected chi connectivity index (χ1v) is 8.82. The Morgan fingerprint density at radius 2 is 1.88 bits per heavy atom. The number of hydrogen-bond acceptors (Lipinski definition) is 5. The third kappa shape index (κ3) is 4.65. The van der Waals surface area contributed by atoms with Gasteiger partial charge in [0.2, 0.25) is 10.0 Å². The number of halogens is 2. The van der Waals surface area contributed by atoms with Crippen molar-refractivity contribution < 1.29 is 22.5 Å². The number of rotatable bonds is 7. The van der Waals surface area contributed by atoms with Gasteiger partial charge in [-0.15, -0.1) is 0 Å². The van der Waals surface area contributed by atoms with Crippen molar-refractivity contribution >= 4 is 27.3 Å². The van der Waals surface area contributed by atoms with Crippen LogP contribution >= 0.6 is 11.6 Å². The van der Waals surface area contributed by atoms with E-state index in [0.717, 1.165) is 16.4 Å². The van der Waals surface area contributed by atoms with Crippen LogP contribution in [0.5, 0.6) is 5.75 Å². The van der Waals surface area contributed by atoms with Crippen molar-refractivity contribution in [2.45, 2.75) is 4.90 Å². The van der Waals surface area contributed by atoms with Gasteiger partial charge in [0.1, 0.15) is 18.2 Å². The molecule has 0 aliphatic heterocycles. The molecular formula is C15H14ClFN2O5S. The summed E-state index contributed by atoms with van der Waals surface area (Å²) in [5.41, 5.74) is -0.598. The number of nitrogens with zero attached hydrogens (tertiary/aromatic N) is 2. The zero-order valence-electron chi connectivity index (χ0n) is 13.1. The van der Waals surface area contributed by atoms with Crippen LogP contribution in [0.15, 0.2) is 47.4 Å². The van der Waals surface area contributed by atoms with E-state index in [2.05, 4.69) is 0 Å². The summed E-state index contributed by atoms with van der Waals surface area (Å²) in [4.78, 5) is 9.82. The van der Waals surface area contributed by atoms with Gasteiger partial charge in [-0.3, -0.25) is 10.1 Å². The molecule has 0 saturated heterocycles. The predicted molar refractivity (Wildman–Crippen MR) is 89.8 cm³/mol. The van der Waals surface area contributed by atoms with Crippen LogP contribution in [0.1, 0.15) is 0 Å². The van der Waals surface area contributed by atoms with E-state index < -0.39 is 31.3 Å². The highest BCUT2D eigenvalue weighted by molar-refractivity contribution is 7.89. The maximum absolute atomic E-state index is 12.8. The van der Waals surface area contributed by atoms with Crippen molar-refractivity contribution in [1.82, 2.24) is 4.31 Å². The summed E-state index contributed by atoms with van der Waals surface area (Å²) in [6.07, 6.45) is 0. The number of likely N-dealkylation sites (N-methyl/N-ethyl adjacent to an activating group) is 1. The average Bonchev–Trinajstić information content (AvgIpc) is 2.56. The van der Waals surface area contributed by atoms with Gasteiger partial charge in [-0.2, -0.15) is 4.31 Å². The molecule has 0 N–H and O–H groups in total. The lowest BCUT2D eigenvalue weighted by Gasteiger charge is -2.17. The third-order valence-corrected chi connectivity index (χ3v) is 5.43. The number of nitro groups is 1. The number of sulfonamides is 1. The first-order valence-electron chi connectivity index (χ1n) is 7.00. The average molecular weight is 389 g/mol. The molecule has 0 aliphatic carbocycles. The van der Waals surface area contributed by atoms with Gasteiger partial charge in [0, 0.05) is 24.7 Å². The molecule has 0 unspecified atom stereocenters. The molecule has 2 aromatic carbocycles. The molecular weight excluding hydrogens is 375 g/mol. The molecule has 0 heterocycles. The van der Waals surface area contributed by atoms with E-state index in [0.29, 0.717) is 5.75 Å². The van der Waals surface area contributed by atoms with E-state index in [4.69, 9.17) is 16.3 Å². The van der Waals surface area contributed by atoms with E-state index >= 15 is 0 Å². The van der Waals surface area contributed by atoms with Crippen molar-refractivity contribution in [2.75, 3.05) is 20.2 Å². The maximum Gasteiger partial charge on any atom is 0.290 e. The third-order valence-electron chi connectivity index (χ3n) is 3.29. The Kier molecular flexibility index (Phi) is 5.93. The van der Waals surface area contributed by atoms with Crippen LogP contribution in [0.4, 0.5) is 10.1 Å². The molecule has 0 aliphatic rings. The van der Waals surface area contributed by atoms with Crippen LogP contribution in [0.3, 0.4) is 0 Å². The summed E-state index contributed by atoms with van der Waals surface area (Å²) in [6.45, 7) is -0.0672. The molecule has 10 heteroatoms. The van der Waals surface area contributed by atoms with Gasteiger partial charge in [0.15, 0.2) is 4.90 Å². The molecule has 134 valence electrons. The fourth-order valence-electron chi connectivity index (χ4n) is 1.96. The van der Waals surface area contributed by atoms with E-state index in [1.165, 1.54) is 37.4 Å². The van der Waals surface area contributed by atoms with Gasteiger partial charge in [0.25, 0.3) is 5.69 Å². The fourth-order valence-corrected chi connectivity index (χ4v) is 3.42.